The second-order valence-corrected chi connectivity index (χ2v) is 5.88. The number of carbonyl (C=O) groups is 1. The molecule has 0 radical (unpaired) electrons. The van der Waals surface area contributed by atoms with Crippen molar-refractivity contribution in [2.75, 3.05) is 18.5 Å². The van der Waals surface area contributed by atoms with Gasteiger partial charge >= 0.3 is 0 Å². The first-order chi connectivity index (χ1) is 11.8. The van der Waals surface area contributed by atoms with Crippen LogP contribution in [0.15, 0.2) is 39.4 Å². The van der Waals surface area contributed by atoms with Crippen molar-refractivity contribution in [1.29, 1.82) is 0 Å². The molecule has 8 heteroatoms. The van der Waals surface area contributed by atoms with E-state index in [1.165, 1.54) is 0 Å². The van der Waals surface area contributed by atoms with Gasteiger partial charge in [-0.3, -0.25) is 4.79 Å². The fourth-order valence-electron chi connectivity index (χ4n) is 2.29. The van der Waals surface area contributed by atoms with Crippen molar-refractivity contribution in [2.45, 2.75) is 6.42 Å². The Labute approximate surface area is 141 Å². The van der Waals surface area contributed by atoms with E-state index >= 15 is 0 Å². The molecule has 122 valence electrons. The monoisotopic (exact) mass is 343 g/mol. The van der Waals surface area contributed by atoms with E-state index in [0.29, 0.717) is 36.3 Å². The Morgan fingerprint density at radius 3 is 2.88 bits per heavy atom. The summed E-state index contributed by atoms with van der Waals surface area (Å²) < 4.78 is 16.4. The highest BCUT2D eigenvalue weighted by Gasteiger charge is 2.15. The SMILES string of the molecule is O=C(Cc1nnc(-c2ccsc2)o1)Nc1ccc2c(c1)OCCO2. The zero-order valence-electron chi connectivity index (χ0n) is 12.5. The third-order valence-corrected chi connectivity index (χ3v) is 4.06. The van der Waals surface area contributed by atoms with Crippen LogP contribution in [-0.4, -0.2) is 29.3 Å². The largest absolute Gasteiger partial charge is 0.486 e. The predicted octanol–water partition coefficient (Wildman–Crippen LogP) is 2.75. The summed E-state index contributed by atoms with van der Waals surface area (Å²) >= 11 is 1.54. The van der Waals surface area contributed by atoms with Crippen LogP contribution < -0.4 is 14.8 Å². The molecule has 2 aromatic heterocycles. The number of aromatic nitrogens is 2. The maximum absolute atomic E-state index is 12.1. The van der Waals surface area contributed by atoms with Gasteiger partial charge in [0.05, 0.1) is 0 Å². The Balaban J connectivity index is 1.42. The van der Waals surface area contributed by atoms with Crippen LogP contribution in [0.5, 0.6) is 11.5 Å². The van der Waals surface area contributed by atoms with Gasteiger partial charge < -0.3 is 19.2 Å². The number of ether oxygens (including phenoxy) is 2. The lowest BCUT2D eigenvalue weighted by Crippen LogP contribution is -2.17. The van der Waals surface area contributed by atoms with Gasteiger partial charge in [0.25, 0.3) is 0 Å². The maximum Gasteiger partial charge on any atom is 0.248 e. The van der Waals surface area contributed by atoms with E-state index in [1.807, 2.05) is 16.8 Å². The van der Waals surface area contributed by atoms with Crippen LogP contribution in [0.2, 0.25) is 0 Å². The van der Waals surface area contributed by atoms with Crippen molar-refractivity contribution in [3.8, 4) is 23.0 Å². The third-order valence-electron chi connectivity index (χ3n) is 3.37. The van der Waals surface area contributed by atoms with Crippen molar-refractivity contribution >= 4 is 22.9 Å². The molecule has 3 heterocycles. The number of nitrogens with one attached hydrogen (secondary N) is 1. The first kappa shape index (κ1) is 14.7. The first-order valence-electron chi connectivity index (χ1n) is 7.32. The number of fused-ring (bicyclic) bond motifs is 1. The topological polar surface area (TPSA) is 86.5 Å². The van der Waals surface area contributed by atoms with Crippen LogP contribution in [0.3, 0.4) is 0 Å². The van der Waals surface area contributed by atoms with Crippen LogP contribution in [0.25, 0.3) is 11.5 Å². The molecule has 0 atom stereocenters. The summed E-state index contributed by atoms with van der Waals surface area (Å²) in [6.07, 6.45) is 0.00553. The van der Waals surface area contributed by atoms with E-state index in [0.717, 1.165) is 5.56 Å². The molecule has 0 saturated carbocycles. The minimum absolute atomic E-state index is 0.00553. The van der Waals surface area contributed by atoms with Crippen LogP contribution in [0, 0.1) is 0 Å². The van der Waals surface area contributed by atoms with E-state index in [4.69, 9.17) is 13.9 Å². The molecule has 0 bridgehead atoms. The smallest absolute Gasteiger partial charge is 0.248 e. The Bertz CT molecular complexity index is 860. The van der Waals surface area contributed by atoms with E-state index in [9.17, 15) is 4.79 Å². The second-order valence-electron chi connectivity index (χ2n) is 5.10. The Morgan fingerprint density at radius 2 is 2.04 bits per heavy atom. The fraction of sp³-hybridized carbons (Fsp3) is 0.188. The van der Waals surface area contributed by atoms with Crippen molar-refractivity contribution in [2.24, 2.45) is 0 Å². The van der Waals surface area contributed by atoms with Gasteiger partial charge in [-0.2, -0.15) is 11.3 Å². The van der Waals surface area contributed by atoms with Gasteiger partial charge in [0.2, 0.25) is 17.7 Å². The molecular weight excluding hydrogens is 330 g/mol. The number of benzene rings is 1. The molecule has 0 unspecified atom stereocenters. The third kappa shape index (κ3) is 3.09. The Morgan fingerprint density at radius 1 is 1.17 bits per heavy atom. The molecule has 1 aliphatic heterocycles. The molecule has 4 rings (SSSR count). The molecule has 24 heavy (non-hydrogen) atoms. The van der Waals surface area contributed by atoms with Crippen LogP contribution in [0.4, 0.5) is 5.69 Å². The molecule has 7 nitrogen and oxygen atoms in total. The van der Waals surface area contributed by atoms with E-state index in [1.54, 1.807) is 29.5 Å². The molecule has 1 aromatic carbocycles. The fourth-order valence-corrected chi connectivity index (χ4v) is 2.92. The van der Waals surface area contributed by atoms with Gasteiger partial charge in [-0.25, -0.2) is 0 Å². The number of amides is 1. The first-order valence-corrected chi connectivity index (χ1v) is 8.27. The van der Waals surface area contributed by atoms with E-state index < -0.39 is 0 Å². The highest BCUT2D eigenvalue weighted by molar-refractivity contribution is 7.08. The Kier molecular flexibility index (Phi) is 3.87. The molecule has 1 aliphatic rings. The zero-order valence-corrected chi connectivity index (χ0v) is 13.3. The quantitative estimate of drug-likeness (QED) is 0.784. The summed E-state index contributed by atoms with van der Waals surface area (Å²) in [4.78, 5) is 12.1. The molecule has 1 amide bonds. The van der Waals surface area contributed by atoms with Crippen molar-refractivity contribution in [3.05, 3.63) is 40.9 Å². The average Bonchev–Trinajstić information content (AvgIpc) is 3.26. The van der Waals surface area contributed by atoms with Crippen molar-refractivity contribution < 1.29 is 18.7 Å². The molecule has 0 fully saturated rings. The van der Waals surface area contributed by atoms with E-state index in [-0.39, 0.29) is 18.2 Å². The summed E-state index contributed by atoms with van der Waals surface area (Å²) in [5.41, 5.74) is 1.48. The number of thiophene rings is 1. The summed E-state index contributed by atoms with van der Waals surface area (Å²) in [5.74, 6) is 1.74. The van der Waals surface area contributed by atoms with Gasteiger partial charge in [0.15, 0.2) is 11.5 Å². The minimum Gasteiger partial charge on any atom is -0.486 e. The summed E-state index contributed by atoms with van der Waals surface area (Å²) in [6.45, 7) is 1.03. The summed E-state index contributed by atoms with van der Waals surface area (Å²) in [6, 6.07) is 7.15. The molecule has 0 aliphatic carbocycles. The lowest BCUT2D eigenvalue weighted by atomic mass is 10.2. The lowest BCUT2D eigenvalue weighted by Gasteiger charge is -2.18. The van der Waals surface area contributed by atoms with Gasteiger partial charge in [-0.05, 0) is 23.6 Å². The zero-order chi connectivity index (χ0) is 16.4. The van der Waals surface area contributed by atoms with Gasteiger partial charge in [0.1, 0.15) is 19.6 Å². The predicted molar refractivity (Wildman–Crippen MR) is 87.4 cm³/mol. The minimum atomic E-state index is -0.243. The van der Waals surface area contributed by atoms with Crippen LogP contribution in [0.1, 0.15) is 5.89 Å². The number of nitrogens with zero attached hydrogens (tertiary/aromatic N) is 2. The number of anilines is 1. The van der Waals surface area contributed by atoms with Crippen LogP contribution >= 0.6 is 11.3 Å². The normalized spacial score (nSPS) is 12.8. The molecule has 3 aromatic rings. The number of hydrogen-bond donors (Lipinski definition) is 1. The Hall–Kier alpha value is -2.87. The summed E-state index contributed by atoms with van der Waals surface area (Å²) in [5, 5.41) is 14.5. The van der Waals surface area contributed by atoms with E-state index in [2.05, 4.69) is 15.5 Å². The number of rotatable bonds is 4. The maximum atomic E-state index is 12.1. The standard InChI is InChI=1S/C16H13N3O4S/c20-14(8-15-18-19-16(23-15)10-3-6-24-9-10)17-11-1-2-12-13(7-11)22-5-4-21-12/h1-3,6-7,9H,4-5,8H2,(H,17,20). The second kappa shape index (κ2) is 6.32. The molecule has 0 spiro atoms. The highest BCUT2D eigenvalue weighted by Crippen LogP contribution is 2.32. The van der Waals surface area contributed by atoms with Crippen molar-refractivity contribution in [1.82, 2.24) is 10.2 Å². The van der Waals surface area contributed by atoms with Gasteiger partial charge in [-0.15, -0.1) is 10.2 Å². The average molecular weight is 343 g/mol. The lowest BCUT2D eigenvalue weighted by molar-refractivity contribution is -0.115. The van der Waals surface area contributed by atoms with Gasteiger partial charge in [-0.1, -0.05) is 0 Å². The number of hydrogen-bond acceptors (Lipinski definition) is 7. The summed E-state index contributed by atoms with van der Waals surface area (Å²) in [7, 11) is 0. The molecule has 0 saturated heterocycles. The van der Waals surface area contributed by atoms with Gasteiger partial charge in [0, 0.05) is 22.7 Å². The molecule has 1 N–H and O–H groups in total. The number of carbonyl (C=O) groups excluding carboxylic acids is 1. The highest BCUT2D eigenvalue weighted by atomic mass is 32.1. The van der Waals surface area contributed by atoms with Crippen molar-refractivity contribution in [3.63, 3.8) is 0 Å². The van der Waals surface area contributed by atoms with Crippen LogP contribution in [-0.2, 0) is 11.2 Å². The molecular formula is C16H13N3O4S.